The van der Waals surface area contributed by atoms with E-state index in [1.165, 1.54) is 15.6 Å². The van der Waals surface area contributed by atoms with Crippen LogP contribution in [0.5, 0.6) is 5.75 Å². The molecule has 1 aliphatic rings. The predicted octanol–water partition coefficient (Wildman–Crippen LogP) is 2.93. The fraction of sp³-hybridized carbons (Fsp3) is 0.389. The van der Waals surface area contributed by atoms with Gasteiger partial charge in [0.15, 0.2) is 6.61 Å². The highest BCUT2D eigenvalue weighted by Gasteiger charge is 2.31. The zero-order chi connectivity index (χ0) is 19.6. The number of thiophene rings is 1. The number of nitrogens with zero attached hydrogens (tertiary/aromatic N) is 2. The molecule has 1 saturated heterocycles. The van der Waals surface area contributed by atoms with Crippen LogP contribution in [0, 0.1) is 13.8 Å². The molecule has 1 amide bonds. The van der Waals surface area contributed by atoms with E-state index in [9.17, 15) is 13.2 Å². The molecule has 1 fully saturated rings. The van der Waals surface area contributed by atoms with Crippen molar-refractivity contribution in [2.45, 2.75) is 18.7 Å². The molecule has 2 aromatic rings. The van der Waals surface area contributed by atoms with Crippen molar-refractivity contribution in [2.24, 2.45) is 0 Å². The van der Waals surface area contributed by atoms with Crippen LogP contribution in [-0.2, 0) is 14.8 Å². The second kappa shape index (κ2) is 8.18. The maximum atomic E-state index is 12.8. The fourth-order valence-electron chi connectivity index (χ4n) is 2.95. The quantitative estimate of drug-likeness (QED) is 0.734. The largest absolute Gasteiger partial charge is 0.484 e. The van der Waals surface area contributed by atoms with Gasteiger partial charge in [0.1, 0.15) is 5.75 Å². The summed E-state index contributed by atoms with van der Waals surface area (Å²) in [4.78, 5) is 16.1. The van der Waals surface area contributed by atoms with Gasteiger partial charge in [-0.2, -0.15) is 4.31 Å². The third-order valence-electron chi connectivity index (χ3n) is 4.38. The van der Waals surface area contributed by atoms with Crippen LogP contribution in [0.3, 0.4) is 0 Å². The Labute approximate surface area is 168 Å². The van der Waals surface area contributed by atoms with Crippen molar-refractivity contribution in [3.05, 3.63) is 45.1 Å². The van der Waals surface area contributed by atoms with Gasteiger partial charge in [-0.1, -0.05) is 11.6 Å². The minimum Gasteiger partial charge on any atom is -0.484 e. The summed E-state index contributed by atoms with van der Waals surface area (Å²) in [6.45, 7) is 4.89. The Hall–Kier alpha value is -1.61. The molecular weight excluding hydrogens is 408 g/mol. The number of amides is 1. The Morgan fingerprint density at radius 2 is 1.78 bits per heavy atom. The molecule has 0 aliphatic carbocycles. The zero-order valence-corrected chi connectivity index (χ0v) is 17.5. The number of sulfonamides is 1. The van der Waals surface area contributed by atoms with Crippen LogP contribution in [-0.4, -0.2) is 56.3 Å². The first-order chi connectivity index (χ1) is 12.8. The number of ether oxygens (including phenoxy) is 1. The topological polar surface area (TPSA) is 66.9 Å². The molecule has 0 saturated carbocycles. The molecule has 1 aromatic heterocycles. The summed E-state index contributed by atoms with van der Waals surface area (Å²) in [6, 6.07) is 8.50. The normalized spacial score (nSPS) is 15.7. The van der Waals surface area contributed by atoms with Gasteiger partial charge in [0.05, 0.1) is 4.90 Å². The Balaban J connectivity index is 1.55. The van der Waals surface area contributed by atoms with Gasteiger partial charge >= 0.3 is 0 Å². The Morgan fingerprint density at radius 1 is 1.15 bits per heavy atom. The molecule has 1 aromatic carbocycles. The minimum absolute atomic E-state index is 0.0861. The van der Waals surface area contributed by atoms with Gasteiger partial charge in [-0.15, -0.1) is 11.3 Å². The number of aryl methyl sites for hydroxylation is 2. The van der Waals surface area contributed by atoms with Crippen molar-refractivity contribution >= 4 is 38.9 Å². The van der Waals surface area contributed by atoms with Crippen molar-refractivity contribution in [1.29, 1.82) is 0 Å². The maximum absolute atomic E-state index is 12.8. The van der Waals surface area contributed by atoms with Gasteiger partial charge in [-0.05, 0) is 44.2 Å². The van der Waals surface area contributed by atoms with E-state index in [1.807, 2.05) is 13.8 Å². The van der Waals surface area contributed by atoms with Gasteiger partial charge in [0.2, 0.25) is 10.0 Å². The van der Waals surface area contributed by atoms with Crippen molar-refractivity contribution < 1.29 is 17.9 Å². The van der Waals surface area contributed by atoms with E-state index >= 15 is 0 Å². The maximum Gasteiger partial charge on any atom is 0.260 e. The molecule has 0 unspecified atom stereocenters. The number of hydrogen-bond donors (Lipinski definition) is 0. The molecular formula is C18H21ClN2O4S2. The summed E-state index contributed by atoms with van der Waals surface area (Å²) in [5.74, 6) is 0.404. The third-order valence-corrected chi connectivity index (χ3v) is 7.75. The number of halogens is 1. The molecule has 27 heavy (non-hydrogen) atoms. The molecule has 0 N–H and O–H groups in total. The molecule has 6 nitrogen and oxygen atoms in total. The molecule has 146 valence electrons. The summed E-state index contributed by atoms with van der Waals surface area (Å²) in [7, 11) is -3.52. The lowest BCUT2D eigenvalue weighted by Crippen LogP contribution is -2.51. The van der Waals surface area contributed by atoms with E-state index in [1.54, 1.807) is 35.2 Å². The van der Waals surface area contributed by atoms with Crippen LogP contribution in [0.1, 0.15) is 9.75 Å². The summed E-state index contributed by atoms with van der Waals surface area (Å²) in [5.41, 5.74) is 0. The van der Waals surface area contributed by atoms with Crippen molar-refractivity contribution in [3.8, 4) is 5.75 Å². The zero-order valence-electron chi connectivity index (χ0n) is 15.1. The first-order valence-corrected chi connectivity index (χ1v) is 11.1. The van der Waals surface area contributed by atoms with Crippen molar-refractivity contribution in [2.75, 3.05) is 32.8 Å². The van der Waals surface area contributed by atoms with Gasteiger partial charge < -0.3 is 9.64 Å². The van der Waals surface area contributed by atoms with E-state index in [2.05, 4.69) is 0 Å². The standard InChI is InChI=1S/C18H21ClN2O4S2/c1-13-11-17(14(2)26-13)27(23,24)21-9-7-20(8-10-21)18(22)12-25-16-5-3-15(19)4-6-16/h3-6,11H,7-10,12H2,1-2H3. The summed E-state index contributed by atoms with van der Waals surface area (Å²) in [5, 5.41) is 0.599. The van der Waals surface area contributed by atoms with Crippen LogP contribution in [0.4, 0.5) is 0 Å². The summed E-state index contributed by atoms with van der Waals surface area (Å²) >= 11 is 7.29. The Bertz CT molecular complexity index is 917. The average Bonchev–Trinajstić information content (AvgIpc) is 3.00. The second-order valence-electron chi connectivity index (χ2n) is 6.30. The van der Waals surface area contributed by atoms with E-state index in [0.717, 1.165) is 9.75 Å². The first kappa shape index (κ1) is 20.1. The number of hydrogen-bond acceptors (Lipinski definition) is 5. The number of carbonyl (C=O) groups is 1. The Kier molecular flexibility index (Phi) is 6.10. The van der Waals surface area contributed by atoms with E-state index in [-0.39, 0.29) is 25.6 Å². The molecule has 0 spiro atoms. The van der Waals surface area contributed by atoms with E-state index in [0.29, 0.717) is 28.8 Å². The third kappa shape index (κ3) is 4.63. The van der Waals surface area contributed by atoms with Crippen LogP contribution in [0.15, 0.2) is 35.2 Å². The van der Waals surface area contributed by atoms with Crippen LogP contribution < -0.4 is 4.74 Å². The number of carbonyl (C=O) groups excluding carboxylic acids is 1. The van der Waals surface area contributed by atoms with Gasteiger partial charge in [0.25, 0.3) is 5.91 Å². The molecule has 2 heterocycles. The van der Waals surface area contributed by atoms with Crippen LogP contribution in [0.25, 0.3) is 0 Å². The van der Waals surface area contributed by atoms with Gasteiger partial charge in [-0.3, -0.25) is 4.79 Å². The lowest BCUT2D eigenvalue weighted by atomic mass is 10.3. The van der Waals surface area contributed by atoms with E-state index in [4.69, 9.17) is 16.3 Å². The number of piperazine rings is 1. The van der Waals surface area contributed by atoms with Crippen LogP contribution >= 0.6 is 22.9 Å². The highest BCUT2D eigenvalue weighted by Crippen LogP contribution is 2.28. The molecule has 3 rings (SSSR count). The molecule has 0 radical (unpaired) electrons. The molecule has 0 atom stereocenters. The smallest absolute Gasteiger partial charge is 0.260 e. The lowest BCUT2D eigenvalue weighted by Gasteiger charge is -2.33. The van der Waals surface area contributed by atoms with Gasteiger partial charge in [-0.25, -0.2) is 8.42 Å². The SMILES string of the molecule is Cc1cc(S(=O)(=O)N2CCN(C(=O)COc3ccc(Cl)cc3)CC2)c(C)s1. The number of benzene rings is 1. The second-order valence-corrected chi connectivity index (χ2v) is 10.1. The molecule has 0 bridgehead atoms. The highest BCUT2D eigenvalue weighted by atomic mass is 35.5. The van der Waals surface area contributed by atoms with E-state index < -0.39 is 10.0 Å². The predicted molar refractivity (Wildman–Crippen MR) is 106 cm³/mol. The Morgan fingerprint density at radius 3 is 2.33 bits per heavy atom. The highest BCUT2D eigenvalue weighted by molar-refractivity contribution is 7.89. The van der Waals surface area contributed by atoms with Crippen molar-refractivity contribution in [1.82, 2.24) is 9.21 Å². The summed E-state index contributed by atoms with van der Waals surface area (Å²) in [6.07, 6.45) is 0. The summed E-state index contributed by atoms with van der Waals surface area (Å²) < 4.78 is 32.6. The average molecular weight is 429 g/mol. The fourth-order valence-corrected chi connectivity index (χ4v) is 6.02. The molecule has 1 aliphatic heterocycles. The van der Waals surface area contributed by atoms with Crippen molar-refractivity contribution in [3.63, 3.8) is 0 Å². The minimum atomic E-state index is -3.52. The number of rotatable bonds is 5. The van der Waals surface area contributed by atoms with Crippen LogP contribution in [0.2, 0.25) is 5.02 Å². The van der Waals surface area contributed by atoms with Gasteiger partial charge in [0, 0.05) is 41.0 Å². The first-order valence-electron chi connectivity index (χ1n) is 8.50. The monoisotopic (exact) mass is 428 g/mol. The lowest BCUT2D eigenvalue weighted by molar-refractivity contribution is -0.134. The molecule has 9 heteroatoms.